The highest BCUT2D eigenvalue weighted by molar-refractivity contribution is 6.35. The zero-order valence-electron chi connectivity index (χ0n) is 18.1. The maximum absolute atomic E-state index is 13.3. The molecule has 0 aromatic heterocycles. The zero-order valence-corrected chi connectivity index (χ0v) is 18.1. The molecule has 2 amide bonds. The number of imide groups is 1. The Morgan fingerprint density at radius 1 is 1.10 bits per heavy atom. The van der Waals surface area contributed by atoms with E-state index in [9.17, 15) is 9.59 Å². The third-order valence-corrected chi connectivity index (χ3v) is 5.95. The second kappa shape index (κ2) is 9.55. The summed E-state index contributed by atoms with van der Waals surface area (Å²) < 4.78 is 5.39. The van der Waals surface area contributed by atoms with Crippen molar-refractivity contribution in [1.29, 1.82) is 0 Å². The maximum Gasteiger partial charge on any atom is 0.277 e. The highest BCUT2D eigenvalue weighted by atomic mass is 16.5. The van der Waals surface area contributed by atoms with E-state index in [1.807, 2.05) is 45.2 Å². The number of likely N-dealkylation sites (tertiary alicyclic amines) is 1. The molecular formula is C23H33N3O3. The molecule has 1 aromatic rings. The fourth-order valence-electron chi connectivity index (χ4n) is 4.11. The molecule has 0 bridgehead atoms. The second-order valence-corrected chi connectivity index (χ2v) is 8.05. The predicted molar refractivity (Wildman–Crippen MR) is 114 cm³/mol. The SMILES string of the molecule is CCOCCCN1C(=O)C(c2ccc(C)cc2)=C(N(C)C2CCN(C)CC2)C1=O. The number of benzene rings is 1. The van der Waals surface area contributed by atoms with E-state index in [4.69, 9.17) is 4.74 Å². The zero-order chi connectivity index (χ0) is 21.0. The van der Waals surface area contributed by atoms with Crippen LogP contribution in [-0.4, -0.2) is 79.5 Å². The standard InChI is InChI=1S/C23H33N3O3/c1-5-29-16-6-13-26-22(27)20(18-9-7-17(2)8-10-18)21(23(26)28)25(4)19-11-14-24(3)15-12-19/h7-10,19H,5-6,11-16H2,1-4H3. The Balaban J connectivity index is 1.90. The lowest BCUT2D eigenvalue weighted by Crippen LogP contribution is -2.43. The lowest BCUT2D eigenvalue weighted by Gasteiger charge is -2.36. The largest absolute Gasteiger partial charge is 0.382 e. The molecule has 2 aliphatic heterocycles. The van der Waals surface area contributed by atoms with Crippen molar-refractivity contribution in [3.63, 3.8) is 0 Å². The van der Waals surface area contributed by atoms with Crippen LogP contribution in [0.2, 0.25) is 0 Å². The summed E-state index contributed by atoms with van der Waals surface area (Å²) in [5.41, 5.74) is 3.03. The van der Waals surface area contributed by atoms with Crippen molar-refractivity contribution in [2.75, 3.05) is 46.9 Å². The first-order chi connectivity index (χ1) is 13.9. The van der Waals surface area contributed by atoms with E-state index in [-0.39, 0.29) is 17.9 Å². The molecule has 0 aliphatic carbocycles. The van der Waals surface area contributed by atoms with Crippen LogP contribution in [-0.2, 0) is 14.3 Å². The van der Waals surface area contributed by atoms with E-state index in [0.717, 1.165) is 37.1 Å². The molecule has 6 nitrogen and oxygen atoms in total. The molecule has 0 unspecified atom stereocenters. The van der Waals surface area contributed by atoms with Crippen LogP contribution >= 0.6 is 0 Å². The first-order valence-electron chi connectivity index (χ1n) is 10.6. The van der Waals surface area contributed by atoms with E-state index in [1.165, 1.54) is 4.90 Å². The van der Waals surface area contributed by atoms with Gasteiger partial charge in [0.1, 0.15) is 5.70 Å². The van der Waals surface area contributed by atoms with Crippen molar-refractivity contribution in [2.24, 2.45) is 0 Å². The molecule has 0 N–H and O–H groups in total. The number of amides is 2. The van der Waals surface area contributed by atoms with Gasteiger partial charge in [-0.3, -0.25) is 14.5 Å². The van der Waals surface area contributed by atoms with Gasteiger partial charge in [0.2, 0.25) is 0 Å². The first kappa shape index (κ1) is 21.5. The predicted octanol–water partition coefficient (Wildman–Crippen LogP) is 2.53. The number of ether oxygens (including phenoxy) is 1. The summed E-state index contributed by atoms with van der Waals surface area (Å²) in [4.78, 5) is 32.4. The van der Waals surface area contributed by atoms with Crippen LogP contribution < -0.4 is 0 Å². The van der Waals surface area contributed by atoms with Crippen molar-refractivity contribution < 1.29 is 14.3 Å². The van der Waals surface area contributed by atoms with Crippen LogP contribution in [0.3, 0.4) is 0 Å². The van der Waals surface area contributed by atoms with Crippen molar-refractivity contribution in [2.45, 2.75) is 39.2 Å². The van der Waals surface area contributed by atoms with Crippen LogP contribution in [0.4, 0.5) is 0 Å². The van der Waals surface area contributed by atoms with Gasteiger partial charge in [0.05, 0.1) is 5.57 Å². The minimum Gasteiger partial charge on any atom is -0.382 e. The average molecular weight is 400 g/mol. The number of hydrogen-bond acceptors (Lipinski definition) is 5. The Bertz CT molecular complexity index is 764. The number of nitrogens with zero attached hydrogens (tertiary/aromatic N) is 3. The fourth-order valence-corrected chi connectivity index (χ4v) is 4.11. The van der Waals surface area contributed by atoms with Crippen molar-refractivity contribution in [3.05, 3.63) is 41.1 Å². The van der Waals surface area contributed by atoms with Gasteiger partial charge in [-0.05, 0) is 58.8 Å². The molecule has 29 heavy (non-hydrogen) atoms. The van der Waals surface area contributed by atoms with Crippen molar-refractivity contribution >= 4 is 17.4 Å². The Morgan fingerprint density at radius 3 is 2.38 bits per heavy atom. The summed E-state index contributed by atoms with van der Waals surface area (Å²) in [6.45, 7) is 7.54. The number of carbonyl (C=O) groups is 2. The third kappa shape index (κ3) is 4.70. The number of aryl methyl sites for hydroxylation is 1. The molecular weight excluding hydrogens is 366 g/mol. The Hall–Kier alpha value is -2.18. The van der Waals surface area contributed by atoms with Gasteiger partial charge in [-0.2, -0.15) is 0 Å². The number of carbonyl (C=O) groups excluding carboxylic acids is 2. The average Bonchev–Trinajstić information content (AvgIpc) is 2.96. The summed E-state index contributed by atoms with van der Waals surface area (Å²) in [5.74, 6) is -0.367. The smallest absolute Gasteiger partial charge is 0.277 e. The minimum atomic E-state index is -0.190. The molecule has 6 heteroatoms. The Labute approximate surface area is 174 Å². The van der Waals surface area contributed by atoms with Crippen molar-refractivity contribution in [3.8, 4) is 0 Å². The molecule has 2 heterocycles. The third-order valence-electron chi connectivity index (χ3n) is 5.95. The molecule has 1 aromatic carbocycles. The van der Waals surface area contributed by atoms with Crippen LogP contribution in [0.1, 0.15) is 37.3 Å². The van der Waals surface area contributed by atoms with Crippen LogP contribution in [0.15, 0.2) is 30.0 Å². The van der Waals surface area contributed by atoms with E-state index in [0.29, 0.717) is 37.4 Å². The number of rotatable bonds is 8. The molecule has 0 radical (unpaired) electrons. The topological polar surface area (TPSA) is 53.1 Å². The number of hydrogen-bond donors (Lipinski definition) is 0. The van der Waals surface area contributed by atoms with E-state index in [1.54, 1.807) is 0 Å². The summed E-state index contributed by atoms with van der Waals surface area (Å²) in [7, 11) is 4.09. The quantitative estimate of drug-likeness (QED) is 0.497. The highest BCUT2D eigenvalue weighted by Crippen LogP contribution is 2.33. The molecule has 0 spiro atoms. The van der Waals surface area contributed by atoms with Gasteiger partial charge in [-0.25, -0.2) is 0 Å². The van der Waals surface area contributed by atoms with Gasteiger partial charge in [-0.15, -0.1) is 0 Å². The summed E-state index contributed by atoms with van der Waals surface area (Å²) in [6.07, 6.45) is 2.63. The molecule has 0 atom stereocenters. The highest BCUT2D eigenvalue weighted by Gasteiger charge is 2.42. The molecule has 1 fully saturated rings. The van der Waals surface area contributed by atoms with Crippen molar-refractivity contribution in [1.82, 2.24) is 14.7 Å². The molecule has 0 saturated carbocycles. The van der Waals surface area contributed by atoms with E-state index >= 15 is 0 Å². The molecule has 1 saturated heterocycles. The van der Waals surface area contributed by atoms with Gasteiger partial charge < -0.3 is 14.5 Å². The van der Waals surface area contributed by atoms with Gasteiger partial charge in [0.15, 0.2) is 0 Å². The van der Waals surface area contributed by atoms with Crippen LogP contribution in [0.25, 0.3) is 5.57 Å². The number of likely N-dealkylation sites (N-methyl/N-ethyl adjacent to an activating group) is 1. The molecule has 3 rings (SSSR count). The summed E-state index contributed by atoms with van der Waals surface area (Å²) in [6, 6.07) is 8.14. The lowest BCUT2D eigenvalue weighted by molar-refractivity contribution is -0.137. The van der Waals surface area contributed by atoms with Gasteiger partial charge in [-0.1, -0.05) is 29.8 Å². The fraction of sp³-hybridized carbons (Fsp3) is 0.565. The monoisotopic (exact) mass is 399 g/mol. The normalized spacial score (nSPS) is 18.8. The van der Waals surface area contributed by atoms with Gasteiger partial charge >= 0.3 is 0 Å². The van der Waals surface area contributed by atoms with E-state index in [2.05, 4.69) is 16.8 Å². The second-order valence-electron chi connectivity index (χ2n) is 8.05. The maximum atomic E-state index is 13.3. The summed E-state index contributed by atoms with van der Waals surface area (Å²) in [5, 5.41) is 0. The van der Waals surface area contributed by atoms with Gasteiger partial charge in [0, 0.05) is 32.8 Å². The lowest BCUT2D eigenvalue weighted by atomic mass is 9.99. The first-order valence-corrected chi connectivity index (χ1v) is 10.6. The van der Waals surface area contributed by atoms with Crippen LogP contribution in [0, 0.1) is 6.92 Å². The van der Waals surface area contributed by atoms with Gasteiger partial charge in [0.25, 0.3) is 11.8 Å². The molecule has 158 valence electrons. The Morgan fingerprint density at radius 2 is 1.76 bits per heavy atom. The minimum absolute atomic E-state index is 0.177. The Kier molecular flexibility index (Phi) is 7.09. The summed E-state index contributed by atoms with van der Waals surface area (Å²) >= 11 is 0. The van der Waals surface area contributed by atoms with Crippen LogP contribution in [0.5, 0.6) is 0 Å². The number of piperidine rings is 1. The molecule has 2 aliphatic rings. The van der Waals surface area contributed by atoms with E-state index < -0.39 is 0 Å².